The molecular formula is C17H25NO2. The Labute approximate surface area is 121 Å². The average molecular weight is 275 g/mol. The van der Waals surface area contributed by atoms with Gasteiger partial charge in [-0.05, 0) is 56.5 Å². The number of phenolic OH excluding ortho intramolecular Hbond substituents is 1. The maximum atomic E-state index is 9.94. The Morgan fingerprint density at radius 3 is 2.80 bits per heavy atom. The van der Waals surface area contributed by atoms with Gasteiger partial charge in [-0.3, -0.25) is 0 Å². The van der Waals surface area contributed by atoms with Gasteiger partial charge >= 0.3 is 0 Å². The molecule has 3 heteroatoms. The number of benzene rings is 1. The molecule has 2 rings (SSSR count). The number of methoxy groups -OCH3 is 1. The van der Waals surface area contributed by atoms with E-state index in [-0.39, 0.29) is 5.75 Å². The Kier molecular flexibility index (Phi) is 4.71. The Morgan fingerprint density at radius 1 is 1.45 bits per heavy atom. The van der Waals surface area contributed by atoms with Gasteiger partial charge in [-0.1, -0.05) is 18.6 Å². The summed E-state index contributed by atoms with van der Waals surface area (Å²) in [4.78, 5) is 0. The first-order valence-corrected chi connectivity index (χ1v) is 7.35. The highest BCUT2D eigenvalue weighted by Crippen LogP contribution is 2.41. The molecule has 3 nitrogen and oxygen atoms in total. The molecule has 1 aromatic carbocycles. The summed E-state index contributed by atoms with van der Waals surface area (Å²) in [6, 6.07) is 4.25. The van der Waals surface area contributed by atoms with E-state index in [4.69, 9.17) is 4.74 Å². The van der Waals surface area contributed by atoms with E-state index in [1.54, 1.807) is 7.11 Å². The third-order valence-electron chi connectivity index (χ3n) is 3.84. The second-order valence-electron chi connectivity index (χ2n) is 5.76. The molecule has 0 amide bonds. The van der Waals surface area contributed by atoms with Crippen LogP contribution in [0.15, 0.2) is 23.8 Å². The van der Waals surface area contributed by atoms with Crippen molar-refractivity contribution in [1.82, 2.24) is 5.32 Å². The molecule has 0 aromatic heterocycles. The number of aromatic hydroxyl groups is 1. The van der Waals surface area contributed by atoms with Crippen LogP contribution in [0.4, 0.5) is 0 Å². The summed E-state index contributed by atoms with van der Waals surface area (Å²) >= 11 is 0. The molecule has 0 bridgehead atoms. The molecule has 2 N–H and O–H groups in total. The maximum Gasteiger partial charge on any atom is 0.160 e. The van der Waals surface area contributed by atoms with Crippen LogP contribution in [-0.2, 0) is 6.42 Å². The van der Waals surface area contributed by atoms with E-state index in [9.17, 15) is 5.11 Å². The number of fused-ring (bicyclic) bond motifs is 1. The molecule has 0 radical (unpaired) electrons. The van der Waals surface area contributed by atoms with E-state index in [0.29, 0.717) is 17.7 Å². The minimum atomic E-state index is 0.235. The van der Waals surface area contributed by atoms with Crippen molar-refractivity contribution in [2.24, 2.45) is 0 Å². The minimum Gasteiger partial charge on any atom is -0.504 e. The number of ether oxygens (including phenoxy) is 1. The fourth-order valence-electron chi connectivity index (χ4n) is 2.95. The Hall–Kier alpha value is -1.48. The van der Waals surface area contributed by atoms with Crippen molar-refractivity contribution in [3.63, 3.8) is 0 Å². The predicted molar refractivity (Wildman–Crippen MR) is 82.6 cm³/mol. The van der Waals surface area contributed by atoms with Gasteiger partial charge in [-0.15, -0.1) is 0 Å². The lowest BCUT2D eigenvalue weighted by atomic mass is 9.95. The molecular weight excluding hydrogens is 250 g/mol. The van der Waals surface area contributed by atoms with Crippen molar-refractivity contribution in [2.75, 3.05) is 13.7 Å². The minimum absolute atomic E-state index is 0.235. The zero-order chi connectivity index (χ0) is 14.7. The number of rotatable bonds is 5. The molecule has 0 saturated carbocycles. The van der Waals surface area contributed by atoms with Gasteiger partial charge in [-0.2, -0.15) is 0 Å². The number of nitrogens with one attached hydrogen (secondary N) is 1. The third-order valence-corrected chi connectivity index (χ3v) is 3.84. The van der Waals surface area contributed by atoms with Crippen LogP contribution in [0.25, 0.3) is 0 Å². The topological polar surface area (TPSA) is 41.5 Å². The van der Waals surface area contributed by atoms with Crippen molar-refractivity contribution < 1.29 is 9.84 Å². The Bertz CT molecular complexity index is 504. The van der Waals surface area contributed by atoms with Gasteiger partial charge in [-0.25, -0.2) is 0 Å². The Balaban J connectivity index is 2.37. The summed E-state index contributed by atoms with van der Waals surface area (Å²) in [6.45, 7) is 7.47. The second kappa shape index (κ2) is 6.31. The first kappa shape index (κ1) is 14.9. The van der Waals surface area contributed by atoms with Gasteiger partial charge in [0.25, 0.3) is 0 Å². The van der Waals surface area contributed by atoms with Crippen LogP contribution >= 0.6 is 0 Å². The molecule has 0 saturated heterocycles. The molecule has 0 heterocycles. The highest BCUT2D eigenvalue weighted by atomic mass is 16.5. The lowest BCUT2D eigenvalue weighted by Gasteiger charge is -2.19. The summed E-state index contributed by atoms with van der Waals surface area (Å²) in [6.07, 6.45) is 4.40. The van der Waals surface area contributed by atoms with E-state index >= 15 is 0 Å². The van der Waals surface area contributed by atoms with Gasteiger partial charge in [0.05, 0.1) is 7.11 Å². The van der Waals surface area contributed by atoms with Crippen molar-refractivity contribution in [3.05, 3.63) is 34.9 Å². The van der Waals surface area contributed by atoms with Crippen molar-refractivity contribution in [2.45, 2.75) is 45.6 Å². The van der Waals surface area contributed by atoms with Gasteiger partial charge in [0.1, 0.15) is 0 Å². The number of hydrogen-bond acceptors (Lipinski definition) is 3. The SMILES string of the molecule is CCCN[C@@H]1Cc2cc(O)c(OC)cc2[C@@H]1C=C(C)C. The third kappa shape index (κ3) is 2.98. The highest BCUT2D eigenvalue weighted by molar-refractivity contribution is 5.52. The zero-order valence-electron chi connectivity index (χ0n) is 12.9. The summed E-state index contributed by atoms with van der Waals surface area (Å²) in [5.74, 6) is 1.15. The summed E-state index contributed by atoms with van der Waals surface area (Å²) in [5.41, 5.74) is 3.81. The molecule has 1 aliphatic carbocycles. The van der Waals surface area contributed by atoms with E-state index in [1.807, 2.05) is 12.1 Å². The quantitative estimate of drug-likeness (QED) is 0.810. The maximum absolute atomic E-state index is 9.94. The molecule has 2 atom stereocenters. The van der Waals surface area contributed by atoms with Crippen molar-refractivity contribution in [3.8, 4) is 11.5 Å². The van der Waals surface area contributed by atoms with Crippen LogP contribution in [0.1, 0.15) is 44.2 Å². The van der Waals surface area contributed by atoms with E-state index in [1.165, 1.54) is 16.7 Å². The second-order valence-corrected chi connectivity index (χ2v) is 5.76. The van der Waals surface area contributed by atoms with Crippen LogP contribution in [-0.4, -0.2) is 24.8 Å². The zero-order valence-corrected chi connectivity index (χ0v) is 12.9. The van der Waals surface area contributed by atoms with E-state index < -0.39 is 0 Å². The number of hydrogen-bond donors (Lipinski definition) is 2. The molecule has 0 aliphatic heterocycles. The fourth-order valence-corrected chi connectivity index (χ4v) is 2.95. The van der Waals surface area contributed by atoms with E-state index in [2.05, 4.69) is 32.2 Å². The summed E-state index contributed by atoms with van der Waals surface area (Å²) in [5, 5.41) is 13.6. The van der Waals surface area contributed by atoms with Crippen molar-refractivity contribution in [1.29, 1.82) is 0 Å². The Morgan fingerprint density at radius 2 is 2.20 bits per heavy atom. The first-order valence-electron chi connectivity index (χ1n) is 7.35. The highest BCUT2D eigenvalue weighted by Gasteiger charge is 2.31. The molecule has 20 heavy (non-hydrogen) atoms. The smallest absolute Gasteiger partial charge is 0.160 e. The van der Waals surface area contributed by atoms with Crippen LogP contribution in [0, 0.1) is 0 Å². The number of allylic oxidation sites excluding steroid dienone is 1. The summed E-state index contributed by atoms with van der Waals surface area (Å²) in [7, 11) is 1.60. The van der Waals surface area contributed by atoms with Crippen LogP contribution in [0.3, 0.4) is 0 Å². The fraction of sp³-hybridized carbons (Fsp3) is 0.529. The van der Waals surface area contributed by atoms with Gasteiger partial charge in [0.15, 0.2) is 11.5 Å². The van der Waals surface area contributed by atoms with Gasteiger partial charge < -0.3 is 15.2 Å². The lowest BCUT2D eigenvalue weighted by molar-refractivity contribution is 0.372. The molecule has 1 aliphatic rings. The van der Waals surface area contributed by atoms with Gasteiger partial charge in [0, 0.05) is 12.0 Å². The predicted octanol–water partition coefficient (Wildman–Crippen LogP) is 3.37. The average Bonchev–Trinajstić information content (AvgIpc) is 2.72. The van der Waals surface area contributed by atoms with E-state index in [0.717, 1.165) is 19.4 Å². The van der Waals surface area contributed by atoms with Gasteiger partial charge in [0.2, 0.25) is 0 Å². The van der Waals surface area contributed by atoms with Crippen LogP contribution < -0.4 is 10.1 Å². The monoisotopic (exact) mass is 275 g/mol. The molecule has 0 spiro atoms. The largest absolute Gasteiger partial charge is 0.504 e. The molecule has 1 aromatic rings. The molecule has 110 valence electrons. The molecule has 0 unspecified atom stereocenters. The normalized spacial score (nSPS) is 20.6. The molecule has 0 fully saturated rings. The van der Waals surface area contributed by atoms with Crippen molar-refractivity contribution >= 4 is 0 Å². The van der Waals surface area contributed by atoms with Crippen LogP contribution in [0.5, 0.6) is 11.5 Å². The first-order chi connectivity index (χ1) is 9.56. The summed E-state index contributed by atoms with van der Waals surface area (Å²) < 4.78 is 5.25. The number of phenols is 1. The van der Waals surface area contributed by atoms with Crippen LogP contribution in [0.2, 0.25) is 0 Å². The lowest BCUT2D eigenvalue weighted by Crippen LogP contribution is -2.32. The standard InChI is InChI=1S/C17H25NO2/c1-5-6-18-15-8-12-9-16(19)17(20-4)10-13(12)14(15)7-11(2)3/h7,9-10,14-15,18-19H,5-6,8H2,1-4H3/t14-,15+/m0/s1.